The molecule has 0 radical (unpaired) electrons. The van der Waals surface area contributed by atoms with Crippen LogP contribution in [0.3, 0.4) is 0 Å². The van der Waals surface area contributed by atoms with Gasteiger partial charge in [0.05, 0.1) is 17.7 Å². The van der Waals surface area contributed by atoms with Crippen LogP contribution in [0.2, 0.25) is 0 Å². The van der Waals surface area contributed by atoms with E-state index >= 15 is 0 Å². The minimum atomic E-state index is -0.538. The second-order valence-electron chi connectivity index (χ2n) is 8.02. The van der Waals surface area contributed by atoms with Crippen molar-refractivity contribution in [2.45, 2.75) is 19.4 Å². The fourth-order valence-corrected chi connectivity index (χ4v) is 4.39. The molecule has 0 aliphatic carbocycles. The summed E-state index contributed by atoms with van der Waals surface area (Å²) in [5, 5.41) is 2.95. The number of pyridine rings is 2. The third-order valence-electron chi connectivity index (χ3n) is 5.90. The number of terminal acetylenes is 1. The molecule has 4 rings (SSSR count). The van der Waals surface area contributed by atoms with Gasteiger partial charge in [0.2, 0.25) is 5.91 Å². The molecule has 1 aliphatic rings. The van der Waals surface area contributed by atoms with Gasteiger partial charge in [0.25, 0.3) is 0 Å². The highest BCUT2D eigenvalue weighted by Crippen LogP contribution is 2.38. The Bertz CT molecular complexity index is 1060. The van der Waals surface area contributed by atoms with E-state index in [2.05, 4.69) is 44.3 Å². The number of nitrogens with zero attached hydrogens (tertiary/aromatic N) is 3. The fourth-order valence-electron chi connectivity index (χ4n) is 4.39. The smallest absolute Gasteiger partial charge is 0.228 e. The highest BCUT2D eigenvalue weighted by atomic mass is 16.2. The van der Waals surface area contributed by atoms with Gasteiger partial charge in [-0.05, 0) is 48.7 Å². The van der Waals surface area contributed by atoms with Gasteiger partial charge in [-0.2, -0.15) is 0 Å². The maximum Gasteiger partial charge on any atom is 0.228 e. The first-order valence-corrected chi connectivity index (χ1v) is 10.5. The molecule has 0 saturated carbocycles. The minimum Gasteiger partial charge on any atom is -0.345 e. The molecule has 0 spiro atoms. The van der Waals surface area contributed by atoms with Crippen LogP contribution in [-0.4, -0.2) is 40.4 Å². The first kappa shape index (κ1) is 20.8. The van der Waals surface area contributed by atoms with Gasteiger partial charge in [0.1, 0.15) is 0 Å². The largest absolute Gasteiger partial charge is 0.345 e. The Balaban J connectivity index is 1.61. The van der Waals surface area contributed by atoms with Gasteiger partial charge in [0, 0.05) is 37.2 Å². The Morgan fingerprint density at radius 3 is 2.77 bits per heavy atom. The van der Waals surface area contributed by atoms with Gasteiger partial charge in [-0.15, -0.1) is 6.42 Å². The number of benzene rings is 1. The number of nitrogens with one attached hydrogen (secondary N) is 1. The van der Waals surface area contributed by atoms with Gasteiger partial charge in [-0.25, -0.2) is 0 Å². The third kappa shape index (κ3) is 4.82. The Morgan fingerprint density at radius 2 is 2.00 bits per heavy atom. The van der Waals surface area contributed by atoms with Gasteiger partial charge in [0.15, 0.2) is 0 Å². The molecule has 156 valence electrons. The SMILES string of the molecule is C#CCNC(=O)C1(Cc2ccccc2-c2cccnc2)CCN(Cc2ccccn2)C1. The minimum absolute atomic E-state index is 0.0231. The van der Waals surface area contributed by atoms with Crippen LogP contribution in [0.25, 0.3) is 11.1 Å². The average Bonchev–Trinajstić information content (AvgIpc) is 3.22. The molecule has 5 nitrogen and oxygen atoms in total. The summed E-state index contributed by atoms with van der Waals surface area (Å²) < 4.78 is 0. The standard InChI is InChI=1S/C26H26N4O/c1-2-13-29-25(31)26(12-16-30(20-26)19-23-10-5-6-15-28-23)17-21-8-3-4-11-24(21)22-9-7-14-27-18-22/h1,3-11,14-15,18H,12-13,16-17,19-20H2,(H,29,31). The van der Waals surface area contributed by atoms with E-state index in [9.17, 15) is 4.79 Å². The summed E-state index contributed by atoms with van der Waals surface area (Å²) in [6.45, 7) is 2.48. The van der Waals surface area contributed by atoms with Crippen LogP contribution in [0.5, 0.6) is 0 Å². The Labute approximate surface area is 183 Å². The van der Waals surface area contributed by atoms with Crippen molar-refractivity contribution in [2.75, 3.05) is 19.6 Å². The molecular weight excluding hydrogens is 384 g/mol. The molecule has 3 aromatic rings. The van der Waals surface area contributed by atoms with Crippen LogP contribution in [0.15, 0.2) is 73.2 Å². The molecule has 1 unspecified atom stereocenters. The summed E-state index contributed by atoms with van der Waals surface area (Å²) in [5.41, 5.74) is 3.79. The first-order valence-electron chi connectivity index (χ1n) is 10.5. The predicted octanol–water partition coefficient (Wildman–Crippen LogP) is 3.33. The number of likely N-dealkylation sites (tertiary alicyclic amines) is 1. The zero-order valence-electron chi connectivity index (χ0n) is 17.5. The fraction of sp³-hybridized carbons (Fsp3) is 0.269. The number of rotatable bonds is 7. The summed E-state index contributed by atoms with van der Waals surface area (Å²) >= 11 is 0. The van der Waals surface area contributed by atoms with Crippen molar-refractivity contribution >= 4 is 5.91 Å². The molecule has 1 fully saturated rings. The first-order chi connectivity index (χ1) is 15.2. The van der Waals surface area contributed by atoms with E-state index in [1.54, 1.807) is 6.20 Å². The third-order valence-corrected chi connectivity index (χ3v) is 5.90. The zero-order valence-corrected chi connectivity index (χ0v) is 17.5. The number of carbonyl (C=O) groups is 1. The number of hydrogen-bond donors (Lipinski definition) is 1. The molecule has 1 saturated heterocycles. The Hall–Kier alpha value is -3.49. The topological polar surface area (TPSA) is 58.1 Å². The van der Waals surface area contributed by atoms with Crippen molar-refractivity contribution in [2.24, 2.45) is 5.41 Å². The molecule has 1 aliphatic heterocycles. The summed E-state index contributed by atoms with van der Waals surface area (Å²) in [4.78, 5) is 24.3. The monoisotopic (exact) mass is 410 g/mol. The van der Waals surface area contributed by atoms with E-state index in [4.69, 9.17) is 6.42 Å². The highest BCUT2D eigenvalue weighted by Gasteiger charge is 2.44. The van der Waals surface area contributed by atoms with Gasteiger partial charge < -0.3 is 5.32 Å². The molecule has 5 heteroatoms. The number of carbonyl (C=O) groups excluding carboxylic acids is 1. The number of aromatic nitrogens is 2. The van der Waals surface area contributed by atoms with Crippen molar-refractivity contribution in [3.63, 3.8) is 0 Å². The Kier molecular flexibility index (Phi) is 6.40. The van der Waals surface area contributed by atoms with Crippen LogP contribution in [0.4, 0.5) is 0 Å². The molecule has 0 bridgehead atoms. The lowest BCUT2D eigenvalue weighted by Crippen LogP contribution is -2.44. The van der Waals surface area contributed by atoms with Gasteiger partial charge in [-0.1, -0.05) is 42.3 Å². The average molecular weight is 411 g/mol. The van der Waals surface area contributed by atoms with Gasteiger partial charge >= 0.3 is 0 Å². The van der Waals surface area contributed by atoms with Crippen LogP contribution in [0.1, 0.15) is 17.7 Å². The lowest BCUT2D eigenvalue weighted by Gasteiger charge is -2.29. The molecule has 1 aromatic carbocycles. The van der Waals surface area contributed by atoms with E-state index in [0.29, 0.717) is 13.0 Å². The second kappa shape index (κ2) is 9.55. The van der Waals surface area contributed by atoms with Crippen molar-refractivity contribution in [3.8, 4) is 23.5 Å². The van der Waals surface area contributed by atoms with Gasteiger partial charge in [-0.3, -0.25) is 19.7 Å². The van der Waals surface area contributed by atoms with Crippen molar-refractivity contribution in [3.05, 3.63) is 84.4 Å². The summed E-state index contributed by atoms with van der Waals surface area (Å²) in [6.07, 6.45) is 12.3. The highest BCUT2D eigenvalue weighted by molar-refractivity contribution is 5.84. The molecule has 1 amide bonds. The molecule has 31 heavy (non-hydrogen) atoms. The van der Waals surface area contributed by atoms with Crippen LogP contribution < -0.4 is 5.32 Å². The normalized spacial score (nSPS) is 18.4. The number of hydrogen-bond acceptors (Lipinski definition) is 4. The lowest BCUT2D eigenvalue weighted by atomic mass is 9.78. The van der Waals surface area contributed by atoms with E-state index in [-0.39, 0.29) is 12.5 Å². The molecular formula is C26H26N4O. The zero-order chi connectivity index (χ0) is 21.5. The number of amides is 1. The molecule has 1 N–H and O–H groups in total. The predicted molar refractivity (Wildman–Crippen MR) is 122 cm³/mol. The van der Waals surface area contributed by atoms with Crippen LogP contribution >= 0.6 is 0 Å². The van der Waals surface area contributed by atoms with Crippen molar-refractivity contribution in [1.29, 1.82) is 0 Å². The van der Waals surface area contributed by atoms with E-state index < -0.39 is 5.41 Å². The molecule has 2 aromatic heterocycles. The molecule has 1 atom stereocenters. The second-order valence-corrected chi connectivity index (χ2v) is 8.02. The maximum absolute atomic E-state index is 13.3. The van der Waals surface area contributed by atoms with E-state index in [1.807, 2.05) is 48.8 Å². The summed E-state index contributed by atoms with van der Waals surface area (Å²) in [6, 6.07) is 18.2. The van der Waals surface area contributed by atoms with E-state index in [1.165, 1.54) is 0 Å². The summed E-state index contributed by atoms with van der Waals surface area (Å²) in [7, 11) is 0. The van der Waals surface area contributed by atoms with Crippen molar-refractivity contribution < 1.29 is 4.79 Å². The van der Waals surface area contributed by atoms with Crippen LogP contribution in [-0.2, 0) is 17.8 Å². The lowest BCUT2D eigenvalue weighted by molar-refractivity contribution is -0.130. The van der Waals surface area contributed by atoms with E-state index in [0.717, 1.165) is 41.9 Å². The maximum atomic E-state index is 13.3. The van der Waals surface area contributed by atoms with Crippen molar-refractivity contribution in [1.82, 2.24) is 20.2 Å². The summed E-state index contributed by atoms with van der Waals surface area (Å²) in [5.74, 6) is 2.55. The quantitative estimate of drug-likeness (QED) is 0.607. The molecule has 3 heterocycles. The Morgan fingerprint density at radius 1 is 1.13 bits per heavy atom. The van der Waals surface area contributed by atoms with Crippen LogP contribution in [0, 0.1) is 17.8 Å².